The first-order chi connectivity index (χ1) is 8.99. The first kappa shape index (κ1) is 15.8. The van der Waals surface area contributed by atoms with Crippen molar-refractivity contribution < 1.29 is 14.4 Å². The minimum Gasteiger partial charge on any atom is -0.352 e. The number of carbonyl (C=O) groups excluding carboxylic acids is 3. The lowest BCUT2D eigenvalue weighted by atomic mass is 10.2. The van der Waals surface area contributed by atoms with Crippen molar-refractivity contribution in [1.29, 1.82) is 0 Å². The van der Waals surface area contributed by atoms with E-state index in [9.17, 15) is 14.4 Å². The van der Waals surface area contributed by atoms with Crippen LogP contribution in [0.15, 0.2) is 0 Å². The Morgan fingerprint density at radius 3 is 2.79 bits per heavy atom. The summed E-state index contributed by atoms with van der Waals surface area (Å²) in [6.45, 7) is 3.63. The molecule has 19 heavy (non-hydrogen) atoms. The summed E-state index contributed by atoms with van der Waals surface area (Å²) < 4.78 is 0. The molecule has 1 saturated heterocycles. The Labute approximate surface area is 117 Å². The Kier molecular flexibility index (Phi) is 6.14. The van der Waals surface area contributed by atoms with E-state index in [1.807, 2.05) is 20.1 Å². The number of nitrogens with one attached hydrogen (secondary N) is 2. The van der Waals surface area contributed by atoms with Gasteiger partial charge in [0, 0.05) is 6.04 Å². The minimum absolute atomic E-state index is 0.0422. The average Bonchev–Trinajstić information content (AvgIpc) is 2.63. The highest BCUT2D eigenvalue weighted by atomic mass is 32.2. The molecule has 1 aliphatic heterocycles. The van der Waals surface area contributed by atoms with Crippen LogP contribution in [-0.4, -0.2) is 53.4 Å². The zero-order valence-corrected chi connectivity index (χ0v) is 12.4. The van der Waals surface area contributed by atoms with Crippen LogP contribution in [0.2, 0.25) is 0 Å². The monoisotopic (exact) mass is 287 g/mol. The number of hydrogen-bond donors (Lipinski definition) is 2. The maximum absolute atomic E-state index is 12.0. The summed E-state index contributed by atoms with van der Waals surface area (Å²) in [6.07, 6.45) is 3.34. The van der Waals surface area contributed by atoms with Crippen LogP contribution in [0.1, 0.15) is 26.7 Å². The molecule has 0 aromatic carbocycles. The fourth-order valence-corrected chi connectivity index (χ4v) is 2.20. The number of hydrogen-bond acceptors (Lipinski definition) is 4. The van der Waals surface area contributed by atoms with Gasteiger partial charge in [-0.25, -0.2) is 4.79 Å². The number of rotatable bonds is 7. The summed E-state index contributed by atoms with van der Waals surface area (Å²) in [5.41, 5.74) is 0. The van der Waals surface area contributed by atoms with Crippen LogP contribution in [0.3, 0.4) is 0 Å². The molecule has 0 radical (unpaired) electrons. The molecule has 0 saturated carbocycles. The fourth-order valence-electron chi connectivity index (χ4n) is 1.72. The Bertz CT molecular complexity index is 362. The van der Waals surface area contributed by atoms with Gasteiger partial charge < -0.3 is 10.6 Å². The molecule has 0 bridgehead atoms. The van der Waals surface area contributed by atoms with Gasteiger partial charge in [-0.3, -0.25) is 14.5 Å². The summed E-state index contributed by atoms with van der Waals surface area (Å²) in [5, 5.41) is 5.34. The van der Waals surface area contributed by atoms with Gasteiger partial charge in [0.15, 0.2) is 0 Å². The van der Waals surface area contributed by atoms with Gasteiger partial charge >= 0.3 is 6.03 Å². The molecule has 0 aromatic rings. The molecular weight excluding hydrogens is 266 g/mol. The van der Waals surface area contributed by atoms with Crippen molar-refractivity contribution in [3.05, 3.63) is 0 Å². The standard InChI is InChI=1S/C12H21N3O3S/c1-4-8(2)13-10(16)7-15-11(17)9(5-6-19-3)14-12(15)18/h8-9H,4-7H2,1-3H3,(H,13,16)(H,14,18)/t8-,9+/m0/s1. The van der Waals surface area contributed by atoms with Crippen molar-refractivity contribution in [3.63, 3.8) is 0 Å². The molecule has 4 amide bonds. The molecule has 0 spiro atoms. The van der Waals surface area contributed by atoms with Crippen LogP contribution in [-0.2, 0) is 9.59 Å². The Morgan fingerprint density at radius 2 is 2.21 bits per heavy atom. The van der Waals surface area contributed by atoms with Crippen LogP contribution in [0, 0.1) is 0 Å². The van der Waals surface area contributed by atoms with E-state index in [-0.39, 0.29) is 24.4 Å². The summed E-state index contributed by atoms with van der Waals surface area (Å²) in [6, 6.07) is -0.924. The van der Waals surface area contributed by atoms with E-state index in [1.165, 1.54) is 0 Å². The van der Waals surface area contributed by atoms with Gasteiger partial charge in [-0.1, -0.05) is 6.92 Å². The summed E-state index contributed by atoms with van der Waals surface area (Å²) in [7, 11) is 0. The fraction of sp³-hybridized carbons (Fsp3) is 0.750. The average molecular weight is 287 g/mol. The minimum atomic E-state index is -0.489. The van der Waals surface area contributed by atoms with E-state index in [4.69, 9.17) is 0 Å². The number of amides is 4. The van der Waals surface area contributed by atoms with Gasteiger partial charge in [0.05, 0.1) is 0 Å². The second-order valence-electron chi connectivity index (χ2n) is 4.58. The molecule has 1 rings (SSSR count). The van der Waals surface area contributed by atoms with Crippen molar-refractivity contribution in [3.8, 4) is 0 Å². The van der Waals surface area contributed by atoms with Gasteiger partial charge in [-0.2, -0.15) is 11.8 Å². The van der Waals surface area contributed by atoms with Crippen LogP contribution in [0.5, 0.6) is 0 Å². The highest BCUT2D eigenvalue weighted by Crippen LogP contribution is 2.11. The van der Waals surface area contributed by atoms with Gasteiger partial charge in [-0.05, 0) is 31.8 Å². The predicted octanol–water partition coefficient (Wildman–Crippen LogP) is 0.575. The van der Waals surface area contributed by atoms with E-state index in [2.05, 4.69) is 10.6 Å². The molecule has 0 unspecified atom stereocenters. The molecule has 108 valence electrons. The van der Waals surface area contributed by atoms with E-state index in [1.54, 1.807) is 11.8 Å². The predicted molar refractivity (Wildman–Crippen MR) is 74.9 cm³/mol. The quantitative estimate of drug-likeness (QED) is 0.671. The zero-order valence-electron chi connectivity index (χ0n) is 11.6. The van der Waals surface area contributed by atoms with Crippen molar-refractivity contribution in [2.45, 2.75) is 38.8 Å². The van der Waals surface area contributed by atoms with Crippen LogP contribution < -0.4 is 10.6 Å². The largest absolute Gasteiger partial charge is 0.352 e. The maximum atomic E-state index is 12.0. The number of carbonyl (C=O) groups is 3. The van der Waals surface area contributed by atoms with E-state index < -0.39 is 12.1 Å². The Hall–Kier alpha value is -1.24. The summed E-state index contributed by atoms with van der Waals surface area (Å²) >= 11 is 1.62. The van der Waals surface area contributed by atoms with Crippen LogP contribution >= 0.6 is 11.8 Å². The van der Waals surface area contributed by atoms with E-state index in [0.717, 1.165) is 17.1 Å². The highest BCUT2D eigenvalue weighted by molar-refractivity contribution is 7.98. The van der Waals surface area contributed by atoms with E-state index in [0.29, 0.717) is 6.42 Å². The molecule has 1 fully saturated rings. The normalized spacial score (nSPS) is 20.4. The number of urea groups is 1. The van der Waals surface area contributed by atoms with Gasteiger partial charge in [-0.15, -0.1) is 0 Å². The van der Waals surface area contributed by atoms with Gasteiger partial charge in [0.25, 0.3) is 5.91 Å². The second-order valence-corrected chi connectivity index (χ2v) is 5.57. The first-order valence-electron chi connectivity index (χ1n) is 6.39. The maximum Gasteiger partial charge on any atom is 0.325 e. The second kappa shape index (κ2) is 7.37. The topological polar surface area (TPSA) is 78.5 Å². The van der Waals surface area contributed by atoms with Crippen molar-refractivity contribution in [1.82, 2.24) is 15.5 Å². The third kappa shape index (κ3) is 4.41. The zero-order chi connectivity index (χ0) is 14.4. The lowest BCUT2D eigenvalue weighted by Crippen LogP contribution is -2.43. The molecule has 7 heteroatoms. The summed E-state index contributed by atoms with van der Waals surface area (Å²) in [4.78, 5) is 36.3. The molecule has 1 heterocycles. The SMILES string of the molecule is CC[C@H](C)NC(=O)CN1C(=O)N[C@H](CCSC)C1=O. The molecule has 2 atom stereocenters. The lowest BCUT2D eigenvalue weighted by Gasteiger charge is -2.15. The first-order valence-corrected chi connectivity index (χ1v) is 7.79. The third-order valence-corrected chi connectivity index (χ3v) is 3.68. The smallest absolute Gasteiger partial charge is 0.325 e. The van der Waals surface area contributed by atoms with Crippen molar-refractivity contribution in [2.24, 2.45) is 0 Å². The number of nitrogens with zero attached hydrogens (tertiary/aromatic N) is 1. The molecule has 0 aromatic heterocycles. The molecule has 1 aliphatic rings. The molecule has 2 N–H and O–H groups in total. The third-order valence-electron chi connectivity index (χ3n) is 3.04. The van der Waals surface area contributed by atoms with Crippen LogP contribution in [0.25, 0.3) is 0 Å². The molecular formula is C12H21N3O3S. The Balaban J connectivity index is 2.51. The lowest BCUT2D eigenvalue weighted by molar-refractivity contribution is -0.132. The van der Waals surface area contributed by atoms with Gasteiger partial charge in [0.2, 0.25) is 5.91 Å². The number of imide groups is 1. The Morgan fingerprint density at radius 1 is 1.53 bits per heavy atom. The molecule has 0 aliphatic carbocycles. The van der Waals surface area contributed by atoms with E-state index >= 15 is 0 Å². The molecule has 6 nitrogen and oxygen atoms in total. The highest BCUT2D eigenvalue weighted by Gasteiger charge is 2.38. The van der Waals surface area contributed by atoms with Crippen molar-refractivity contribution in [2.75, 3.05) is 18.6 Å². The van der Waals surface area contributed by atoms with Crippen LogP contribution in [0.4, 0.5) is 4.79 Å². The summed E-state index contributed by atoms with van der Waals surface area (Å²) in [5.74, 6) is 0.186. The van der Waals surface area contributed by atoms with Crippen molar-refractivity contribution >= 4 is 29.6 Å². The van der Waals surface area contributed by atoms with Gasteiger partial charge in [0.1, 0.15) is 12.6 Å². The number of thioether (sulfide) groups is 1.